The number of rotatable bonds is 3. The Hall–Kier alpha value is -3.13. The molecule has 0 fully saturated rings. The summed E-state index contributed by atoms with van der Waals surface area (Å²) in [4.78, 5) is 12.2. The van der Waals surface area contributed by atoms with Gasteiger partial charge in [-0.3, -0.25) is 0 Å². The van der Waals surface area contributed by atoms with Crippen molar-refractivity contribution < 1.29 is 18.3 Å². The minimum atomic E-state index is -0.666. The summed E-state index contributed by atoms with van der Waals surface area (Å²) in [5, 5.41) is 9.66. The predicted octanol–water partition coefficient (Wildman–Crippen LogP) is 4.11. The third-order valence-electron chi connectivity index (χ3n) is 3.56. The van der Waals surface area contributed by atoms with Crippen LogP contribution < -0.4 is 0 Å². The quantitative estimate of drug-likeness (QED) is 0.683. The molecule has 0 atom stereocenters. The van der Waals surface area contributed by atoms with Crippen molar-refractivity contribution in [2.75, 3.05) is 0 Å². The Morgan fingerprint density at radius 1 is 1.30 bits per heavy atom. The van der Waals surface area contributed by atoms with Gasteiger partial charge in [0, 0.05) is 16.5 Å². The van der Waals surface area contributed by atoms with E-state index in [1.54, 1.807) is 13.0 Å². The number of hydrogen-bond donors (Lipinski definition) is 0. The predicted molar refractivity (Wildman–Crippen MR) is 81.2 cm³/mol. The molecule has 23 heavy (non-hydrogen) atoms. The summed E-state index contributed by atoms with van der Waals surface area (Å²) in [5.74, 6) is -1.10. The molecule has 3 rings (SSSR count). The van der Waals surface area contributed by atoms with E-state index >= 15 is 0 Å². The lowest BCUT2D eigenvalue weighted by Gasteiger charge is -2.05. The first-order valence-electron chi connectivity index (χ1n) is 6.94. The maximum Gasteiger partial charge on any atom is 0.374 e. The number of nitrogens with zero attached hydrogens (tertiary/aromatic N) is 1. The topological polar surface area (TPSA) is 63.2 Å². The molecule has 0 unspecified atom stereocenters. The molecule has 1 aromatic heterocycles. The molecule has 0 aliphatic carbocycles. The van der Waals surface area contributed by atoms with Gasteiger partial charge in [0.1, 0.15) is 18.0 Å². The molecule has 114 valence electrons. The third-order valence-corrected chi connectivity index (χ3v) is 3.56. The van der Waals surface area contributed by atoms with Gasteiger partial charge >= 0.3 is 5.97 Å². The number of furan rings is 1. The number of benzene rings is 2. The maximum absolute atomic E-state index is 13.7. The van der Waals surface area contributed by atoms with Gasteiger partial charge < -0.3 is 9.15 Å². The number of esters is 1. The number of halogens is 1. The van der Waals surface area contributed by atoms with Crippen LogP contribution in [-0.2, 0) is 11.3 Å². The Labute approximate surface area is 131 Å². The number of nitriles is 1. The summed E-state index contributed by atoms with van der Waals surface area (Å²) in [6.45, 7) is 1.50. The van der Waals surface area contributed by atoms with Crippen LogP contribution in [0.1, 0.15) is 27.2 Å². The van der Waals surface area contributed by atoms with Gasteiger partial charge in [0.15, 0.2) is 0 Å². The lowest BCUT2D eigenvalue weighted by molar-refractivity contribution is 0.0434. The van der Waals surface area contributed by atoms with Crippen molar-refractivity contribution in [3.05, 3.63) is 70.7 Å². The van der Waals surface area contributed by atoms with Gasteiger partial charge in [-0.2, -0.15) is 5.26 Å². The van der Waals surface area contributed by atoms with E-state index in [0.717, 1.165) is 5.39 Å². The number of carbonyl (C=O) groups excluding carboxylic acids is 1. The van der Waals surface area contributed by atoms with Crippen molar-refractivity contribution in [2.45, 2.75) is 13.5 Å². The van der Waals surface area contributed by atoms with Gasteiger partial charge in [0.2, 0.25) is 5.76 Å². The summed E-state index contributed by atoms with van der Waals surface area (Å²) in [7, 11) is 0. The number of para-hydroxylation sites is 1. The van der Waals surface area contributed by atoms with Crippen LogP contribution in [-0.4, -0.2) is 5.97 Å². The van der Waals surface area contributed by atoms with E-state index in [0.29, 0.717) is 16.7 Å². The molecule has 0 bridgehead atoms. The van der Waals surface area contributed by atoms with E-state index in [2.05, 4.69) is 0 Å². The Morgan fingerprint density at radius 2 is 2.09 bits per heavy atom. The average Bonchev–Trinajstić information content (AvgIpc) is 2.91. The molecule has 4 nitrogen and oxygen atoms in total. The number of ether oxygens (including phenoxy) is 1. The second-order valence-corrected chi connectivity index (χ2v) is 5.05. The smallest absolute Gasteiger partial charge is 0.374 e. The van der Waals surface area contributed by atoms with Crippen LogP contribution in [0.15, 0.2) is 46.9 Å². The van der Waals surface area contributed by atoms with Crippen LogP contribution in [0.25, 0.3) is 11.0 Å². The SMILES string of the molecule is Cc1c(C(=O)OCc2cc(C#N)ccc2F)oc2ccccc12. The van der Waals surface area contributed by atoms with E-state index < -0.39 is 11.8 Å². The van der Waals surface area contributed by atoms with Gasteiger partial charge in [0.05, 0.1) is 11.6 Å². The van der Waals surface area contributed by atoms with E-state index in [1.165, 1.54) is 18.2 Å². The third kappa shape index (κ3) is 2.79. The molecule has 0 amide bonds. The standard InChI is InChI=1S/C18H12FNO3/c1-11-14-4-2-3-5-16(14)23-17(11)18(21)22-10-13-8-12(9-20)6-7-15(13)19/h2-8H,10H2,1H3. The van der Waals surface area contributed by atoms with E-state index in [4.69, 9.17) is 14.4 Å². The first-order valence-corrected chi connectivity index (χ1v) is 6.94. The minimum absolute atomic E-state index is 0.100. The fourth-order valence-corrected chi connectivity index (χ4v) is 2.33. The van der Waals surface area contributed by atoms with Crippen molar-refractivity contribution in [3.8, 4) is 6.07 Å². The number of fused-ring (bicyclic) bond motifs is 1. The Bertz CT molecular complexity index is 937. The van der Waals surface area contributed by atoms with Crippen LogP contribution in [0, 0.1) is 24.1 Å². The van der Waals surface area contributed by atoms with Crippen molar-refractivity contribution >= 4 is 16.9 Å². The van der Waals surface area contributed by atoms with E-state index in [1.807, 2.05) is 24.3 Å². The molecule has 5 heteroatoms. The summed E-state index contributed by atoms with van der Waals surface area (Å²) in [5.41, 5.74) is 1.72. The summed E-state index contributed by atoms with van der Waals surface area (Å²) < 4.78 is 24.3. The minimum Gasteiger partial charge on any atom is -0.455 e. The number of hydrogen-bond acceptors (Lipinski definition) is 4. The van der Waals surface area contributed by atoms with Crippen LogP contribution >= 0.6 is 0 Å². The van der Waals surface area contributed by atoms with Crippen LogP contribution in [0.5, 0.6) is 0 Å². The zero-order chi connectivity index (χ0) is 16.4. The molecular formula is C18H12FNO3. The van der Waals surface area contributed by atoms with E-state index in [9.17, 15) is 9.18 Å². The molecule has 0 spiro atoms. The Morgan fingerprint density at radius 3 is 2.83 bits per heavy atom. The van der Waals surface area contributed by atoms with Crippen LogP contribution in [0.4, 0.5) is 4.39 Å². The lowest BCUT2D eigenvalue weighted by atomic mass is 10.1. The molecule has 0 saturated heterocycles. The van der Waals surface area contributed by atoms with Crippen molar-refractivity contribution in [2.24, 2.45) is 0 Å². The normalized spacial score (nSPS) is 10.5. The van der Waals surface area contributed by atoms with Gasteiger partial charge in [0.25, 0.3) is 0 Å². The maximum atomic E-state index is 13.7. The van der Waals surface area contributed by atoms with Crippen molar-refractivity contribution in [1.29, 1.82) is 5.26 Å². The molecule has 0 aliphatic heterocycles. The largest absolute Gasteiger partial charge is 0.455 e. The van der Waals surface area contributed by atoms with E-state index in [-0.39, 0.29) is 17.9 Å². The highest BCUT2D eigenvalue weighted by Gasteiger charge is 2.19. The zero-order valence-corrected chi connectivity index (χ0v) is 12.3. The van der Waals surface area contributed by atoms with Crippen LogP contribution in [0.2, 0.25) is 0 Å². The fraction of sp³-hybridized carbons (Fsp3) is 0.111. The highest BCUT2D eigenvalue weighted by molar-refractivity contribution is 5.95. The average molecular weight is 309 g/mol. The van der Waals surface area contributed by atoms with Gasteiger partial charge in [-0.05, 0) is 31.2 Å². The second kappa shape index (κ2) is 5.93. The second-order valence-electron chi connectivity index (χ2n) is 5.05. The van der Waals surface area contributed by atoms with Crippen molar-refractivity contribution in [3.63, 3.8) is 0 Å². The Kier molecular flexibility index (Phi) is 3.82. The molecule has 2 aromatic carbocycles. The molecule has 0 saturated carbocycles. The molecule has 0 aliphatic rings. The molecular weight excluding hydrogens is 297 g/mol. The number of carbonyl (C=O) groups is 1. The summed E-state index contributed by atoms with van der Waals surface area (Å²) >= 11 is 0. The van der Waals surface area contributed by atoms with Gasteiger partial charge in [-0.25, -0.2) is 9.18 Å². The first kappa shape index (κ1) is 14.8. The van der Waals surface area contributed by atoms with Crippen LogP contribution in [0.3, 0.4) is 0 Å². The van der Waals surface area contributed by atoms with Gasteiger partial charge in [-0.1, -0.05) is 18.2 Å². The first-order chi connectivity index (χ1) is 11.1. The van der Waals surface area contributed by atoms with Gasteiger partial charge in [-0.15, -0.1) is 0 Å². The highest BCUT2D eigenvalue weighted by atomic mass is 19.1. The fourth-order valence-electron chi connectivity index (χ4n) is 2.33. The monoisotopic (exact) mass is 309 g/mol. The summed E-state index contributed by atoms with van der Waals surface area (Å²) in [6.07, 6.45) is 0. The summed E-state index contributed by atoms with van der Waals surface area (Å²) in [6, 6.07) is 13.1. The Balaban J connectivity index is 1.82. The zero-order valence-electron chi connectivity index (χ0n) is 12.3. The molecule has 0 N–H and O–H groups in total. The highest BCUT2D eigenvalue weighted by Crippen LogP contribution is 2.25. The lowest BCUT2D eigenvalue weighted by Crippen LogP contribution is -2.06. The molecule has 1 heterocycles. The molecule has 3 aromatic rings. The molecule has 0 radical (unpaired) electrons. The number of aryl methyl sites for hydroxylation is 1. The van der Waals surface area contributed by atoms with Crippen molar-refractivity contribution in [1.82, 2.24) is 0 Å².